The lowest BCUT2D eigenvalue weighted by atomic mass is 10.1. The molecule has 3 heterocycles. The predicted molar refractivity (Wildman–Crippen MR) is 114 cm³/mol. The van der Waals surface area contributed by atoms with E-state index in [4.69, 9.17) is 0 Å². The number of aryl methyl sites for hydroxylation is 2. The number of pyridine rings is 2. The number of imidazole rings is 1. The first-order valence-electron chi connectivity index (χ1n) is 9.56. The van der Waals surface area contributed by atoms with Crippen molar-refractivity contribution in [3.63, 3.8) is 0 Å². The number of nitrogens with one attached hydrogen (secondary N) is 2. The molecule has 2 N–H and O–H groups in total. The highest BCUT2D eigenvalue weighted by atomic mass is 16.2. The van der Waals surface area contributed by atoms with E-state index in [2.05, 4.69) is 20.6 Å². The van der Waals surface area contributed by atoms with E-state index in [0.29, 0.717) is 17.7 Å². The molecule has 0 bridgehead atoms. The lowest BCUT2D eigenvalue weighted by molar-refractivity contribution is 0.0940. The molecular formula is C23H21N5O2. The fourth-order valence-electron chi connectivity index (χ4n) is 3.26. The van der Waals surface area contributed by atoms with Crippen molar-refractivity contribution in [3.8, 4) is 0 Å². The van der Waals surface area contributed by atoms with Gasteiger partial charge < -0.3 is 10.6 Å². The van der Waals surface area contributed by atoms with Gasteiger partial charge in [-0.15, -0.1) is 0 Å². The van der Waals surface area contributed by atoms with Crippen LogP contribution in [0.2, 0.25) is 0 Å². The Morgan fingerprint density at radius 2 is 1.80 bits per heavy atom. The van der Waals surface area contributed by atoms with Gasteiger partial charge in [0.25, 0.3) is 11.8 Å². The van der Waals surface area contributed by atoms with Gasteiger partial charge in [-0.25, -0.2) is 4.98 Å². The van der Waals surface area contributed by atoms with E-state index in [9.17, 15) is 9.59 Å². The standard InChI is InChI=1S/C23H21N5O2/c1-15-6-7-18(16(2)13-15)26-22(29)20-19-5-3-4-12-28(19)21(27-20)23(30)25-14-17-8-10-24-11-9-17/h3-13H,14H2,1-2H3,(H,25,30)(H,26,29). The van der Waals surface area contributed by atoms with Gasteiger partial charge in [-0.3, -0.25) is 19.0 Å². The Bertz CT molecular complexity index is 1230. The Morgan fingerprint density at radius 1 is 1.00 bits per heavy atom. The highest BCUT2D eigenvalue weighted by molar-refractivity contribution is 6.09. The third kappa shape index (κ3) is 3.91. The Morgan fingerprint density at radius 3 is 2.57 bits per heavy atom. The Kier molecular flexibility index (Phi) is 5.26. The van der Waals surface area contributed by atoms with E-state index in [-0.39, 0.29) is 23.3 Å². The third-order valence-corrected chi connectivity index (χ3v) is 4.80. The van der Waals surface area contributed by atoms with Gasteiger partial charge in [0.05, 0.1) is 5.52 Å². The van der Waals surface area contributed by atoms with Crippen molar-refractivity contribution in [1.29, 1.82) is 0 Å². The molecule has 150 valence electrons. The largest absolute Gasteiger partial charge is 0.345 e. The van der Waals surface area contributed by atoms with Crippen LogP contribution >= 0.6 is 0 Å². The average molecular weight is 399 g/mol. The number of hydrogen-bond donors (Lipinski definition) is 2. The summed E-state index contributed by atoms with van der Waals surface area (Å²) in [6.45, 7) is 4.28. The Labute approximate surface area is 173 Å². The number of benzene rings is 1. The van der Waals surface area contributed by atoms with Crippen LogP contribution in [0, 0.1) is 13.8 Å². The van der Waals surface area contributed by atoms with E-state index in [1.807, 2.05) is 50.2 Å². The predicted octanol–water partition coefficient (Wildman–Crippen LogP) is 3.53. The second-order valence-electron chi connectivity index (χ2n) is 7.05. The molecule has 0 aliphatic rings. The molecule has 4 rings (SSSR count). The van der Waals surface area contributed by atoms with E-state index >= 15 is 0 Å². The van der Waals surface area contributed by atoms with Crippen LogP contribution in [0.5, 0.6) is 0 Å². The molecule has 0 spiro atoms. The molecule has 1 aromatic carbocycles. The lowest BCUT2D eigenvalue weighted by Crippen LogP contribution is -2.25. The summed E-state index contributed by atoms with van der Waals surface area (Å²) in [5.41, 5.74) is 4.48. The van der Waals surface area contributed by atoms with Gasteiger partial charge in [0.2, 0.25) is 5.82 Å². The molecule has 7 nitrogen and oxygen atoms in total. The molecule has 0 aliphatic carbocycles. The number of anilines is 1. The maximum atomic E-state index is 13.0. The molecule has 4 aromatic rings. The molecule has 0 atom stereocenters. The highest BCUT2D eigenvalue weighted by Gasteiger charge is 2.21. The van der Waals surface area contributed by atoms with Gasteiger partial charge in [0.15, 0.2) is 5.69 Å². The highest BCUT2D eigenvalue weighted by Crippen LogP contribution is 2.19. The summed E-state index contributed by atoms with van der Waals surface area (Å²) in [4.78, 5) is 34.1. The summed E-state index contributed by atoms with van der Waals surface area (Å²) in [7, 11) is 0. The Balaban J connectivity index is 1.61. The van der Waals surface area contributed by atoms with Crippen molar-refractivity contribution < 1.29 is 9.59 Å². The first-order valence-corrected chi connectivity index (χ1v) is 9.56. The summed E-state index contributed by atoms with van der Waals surface area (Å²) < 4.78 is 1.62. The second kappa shape index (κ2) is 8.16. The van der Waals surface area contributed by atoms with Crippen LogP contribution in [0.15, 0.2) is 67.1 Å². The minimum Gasteiger partial charge on any atom is -0.345 e. The van der Waals surface area contributed by atoms with E-state index in [1.54, 1.807) is 35.1 Å². The molecule has 7 heteroatoms. The van der Waals surface area contributed by atoms with Crippen molar-refractivity contribution in [2.24, 2.45) is 0 Å². The number of fused-ring (bicyclic) bond motifs is 1. The topological polar surface area (TPSA) is 88.4 Å². The van der Waals surface area contributed by atoms with Gasteiger partial charge in [0, 0.05) is 30.8 Å². The minimum atomic E-state index is -0.362. The normalized spacial score (nSPS) is 10.7. The summed E-state index contributed by atoms with van der Waals surface area (Å²) in [6.07, 6.45) is 5.06. The molecule has 0 saturated heterocycles. The summed E-state index contributed by atoms with van der Waals surface area (Å²) in [6, 6.07) is 14.8. The van der Waals surface area contributed by atoms with Crippen molar-refractivity contribution in [1.82, 2.24) is 19.7 Å². The zero-order valence-electron chi connectivity index (χ0n) is 16.7. The zero-order chi connectivity index (χ0) is 21.1. The molecule has 30 heavy (non-hydrogen) atoms. The van der Waals surface area contributed by atoms with E-state index in [1.165, 1.54) is 0 Å². The number of carbonyl (C=O) groups excluding carboxylic acids is 2. The van der Waals surface area contributed by atoms with Gasteiger partial charge in [-0.2, -0.15) is 0 Å². The molecule has 0 unspecified atom stereocenters. The van der Waals surface area contributed by atoms with Gasteiger partial charge in [-0.1, -0.05) is 23.8 Å². The first kappa shape index (κ1) is 19.3. The number of carbonyl (C=O) groups is 2. The smallest absolute Gasteiger partial charge is 0.287 e. The number of amides is 2. The fourth-order valence-corrected chi connectivity index (χ4v) is 3.26. The first-order chi connectivity index (χ1) is 14.5. The number of aromatic nitrogens is 3. The van der Waals surface area contributed by atoms with E-state index < -0.39 is 0 Å². The van der Waals surface area contributed by atoms with Crippen molar-refractivity contribution in [2.75, 3.05) is 5.32 Å². The molecule has 0 aliphatic heterocycles. The monoisotopic (exact) mass is 399 g/mol. The second-order valence-corrected chi connectivity index (χ2v) is 7.05. The fraction of sp³-hybridized carbons (Fsp3) is 0.130. The van der Waals surface area contributed by atoms with Crippen molar-refractivity contribution >= 4 is 23.0 Å². The average Bonchev–Trinajstić information content (AvgIpc) is 3.15. The zero-order valence-corrected chi connectivity index (χ0v) is 16.7. The molecule has 0 fully saturated rings. The van der Waals surface area contributed by atoms with Crippen LogP contribution in [-0.4, -0.2) is 26.2 Å². The maximum absolute atomic E-state index is 13.0. The summed E-state index contributed by atoms with van der Waals surface area (Å²) >= 11 is 0. The molecule has 3 aromatic heterocycles. The quantitative estimate of drug-likeness (QED) is 0.537. The van der Waals surface area contributed by atoms with Crippen LogP contribution in [0.3, 0.4) is 0 Å². The molecule has 0 radical (unpaired) electrons. The van der Waals surface area contributed by atoms with Crippen LogP contribution in [0.4, 0.5) is 5.69 Å². The van der Waals surface area contributed by atoms with Crippen LogP contribution in [0.1, 0.15) is 37.8 Å². The van der Waals surface area contributed by atoms with Crippen LogP contribution in [0.25, 0.3) is 5.52 Å². The molecule has 2 amide bonds. The Hall–Kier alpha value is -4.00. The number of nitrogens with zero attached hydrogens (tertiary/aromatic N) is 3. The minimum absolute atomic E-state index is 0.158. The van der Waals surface area contributed by atoms with Gasteiger partial charge in [-0.05, 0) is 55.3 Å². The molecule has 0 saturated carbocycles. The molecular weight excluding hydrogens is 378 g/mol. The maximum Gasteiger partial charge on any atom is 0.287 e. The van der Waals surface area contributed by atoms with Gasteiger partial charge >= 0.3 is 0 Å². The summed E-state index contributed by atoms with van der Waals surface area (Å²) in [5, 5.41) is 5.75. The van der Waals surface area contributed by atoms with Gasteiger partial charge in [0.1, 0.15) is 0 Å². The summed E-state index contributed by atoms with van der Waals surface area (Å²) in [5.74, 6) is -0.567. The van der Waals surface area contributed by atoms with E-state index in [0.717, 1.165) is 16.7 Å². The van der Waals surface area contributed by atoms with Crippen LogP contribution < -0.4 is 10.6 Å². The van der Waals surface area contributed by atoms with Crippen molar-refractivity contribution in [3.05, 3.63) is 95.3 Å². The third-order valence-electron chi connectivity index (χ3n) is 4.80. The van der Waals surface area contributed by atoms with Crippen molar-refractivity contribution in [2.45, 2.75) is 20.4 Å². The lowest BCUT2D eigenvalue weighted by Gasteiger charge is -2.08. The SMILES string of the molecule is Cc1ccc(NC(=O)c2nc(C(=O)NCc3ccncc3)n3ccccc23)c(C)c1. The number of rotatable bonds is 5. The number of hydrogen-bond acceptors (Lipinski definition) is 4. The van der Waals surface area contributed by atoms with Crippen LogP contribution in [-0.2, 0) is 6.54 Å².